The summed E-state index contributed by atoms with van der Waals surface area (Å²) in [6.07, 6.45) is 3.11. The zero-order valence-electron chi connectivity index (χ0n) is 10.9. The molecule has 0 spiro atoms. The second kappa shape index (κ2) is 7.24. The fraction of sp³-hybridized carbons (Fsp3) is 0.455. The molecule has 0 aliphatic heterocycles. The fourth-order valence-corrected chi connectivity index (χ4v) is 1.41. The number of aromatic amines is 1. The first-order valence-electron chi connectivity index (χ1n) is 5.93. The Bertz CT molecular complexity index is 471. The second-order valence-corrected chi connectivity index (χ2v) is 4.24. The van der Waals surface area contributed by atoms with E-state index in [1.807, 2.05) is 0 Å². The minimum atomic E-state index is -1.17. The van der Waals surface area contributed by atoms with Crippen molar-refractivity contribution in [3.05, 3.63) is 18.2 Å². The molecule has 0 aliphatic carbocycles. The number of carbonyl (C=O) groups is 3. The molecule has 2 amide bonds. The Kier molecular flexibility index (Phi) is 5.66. The van der Waals surface area contributed by atoms with Gasteiger partial charge in [-0.1, -0.05) is 0 Å². The Hall–Kier alpha value is -2.42. The highest BCUT2D eigenvalue weighted by atomic mass is 16.4. The van der Waals surface area contributed by atoms with E-state index in [2.05, 4.69) is 20.6 Å². The van der Waals surface area contributed by atoms with Gasteiger partial charge in [0.05, 0.1) is 12.4 Å². The molecule has 0 aromatic carbocycles. The third-order valence-electron chi connectivity index (χ3n) is 2.44. The van der Waals surface area contributed by atoms with Gasteiger partial charge in [0.25, 0.3) is 0 Å². The van der Waals surface area contributed by atoms with Gasteiger partial charge < -0.3 is 26.5 Å². The molecule has 9 nitrogen and oxygen atoms in total. The molecule has 1 aromatic rings. The number of nitrogens with two attached hydrogens (primary N) is 1. The molecular weight excluding hydrogens is 266 g/mol. The number of hydrogen-bond acceptors (Lipinski definition) is 5. The maximum Gasteiger partial charge on any atom is 0.322 e. The lowest BCUT2D eigenvalue weighted by Crippen LogP contribution is -2.52. The smallest absolute Gasteiger partial charge is 0.322 e. The minimum Gasteiger partial charge on any atom is -0.480 e. The summed E-state index contributed by atoms with van der Waals surface area (Å²) in [4.78, 5) is 40.5. The van der Waals surface area contributed by atoms with Crippen LogP contribution in [0, 0.1) is 0 Å². The average Bonchev–Trinajstić information content (AvgIpc) is 2.87. The molecule has 0 saturated carbocycles. The average molecular weight is 283 g/mol. The Balaban J connectivity index is 2.69. The third-order valence-corrected chi connectivity index (χ3v) is 2.44. The van der Waals surface area contributed by atoms with Crippen LogP contribution in [0.2, 0.25) is 0 Å². The van der Waals surface area contributed by atoms with Gasteiger partial charge in [0.1, 0.15) is 12.6 Å². The molecule has 0 aliphatic rings. The molecule has 9 heteroatoms. The maximum absolute atomic E-state index is 11.9. The van der Waals surface area contributed by atoms with E-state index in [9.17, 15) is 14.4 Å². The summed E-state index contributed by atoms with van der Waals surface area (Å²) in [7, 11) is 0. The molecule has 0 bridgehead atoms. The number of hydrogen-bond donors (Lipinski definition) is 5. The molecule has 0 saturated heterocycles. The Labute approximate surface area is 114 Å². The number of carboxylic acid groups (broad SMARTS) is 1. The van der Waals surface area contributed by atoms with Crippen molar-refractivity contribution in [2.45, 2.75) is 25.4 Å². The predicted molar refractivity (Wildman–Crippen MR) is 68.5 cm³/mol. The lowest BCUT2D eigenvalue weighted by Gasteiger charge is -2.18. The van der Waals surface area contributed by atoms with Gasteiger partial charge in [-0.05, 0) is 6.92 Å². The molecule has 0 fully saturated rings. The molecule has 20 heavy (non-hydrogen) atoms. The summed E-state index contributed by atoms with van der Waals surface area (Å²) in [6, 6.07) is -1.69. The number of nitrogens with zero attached hydrogens (tertiary/aromatic N) is 1. The molecule has 0 radical (unpaired) electrons. The van der Waals surface area contributed by atoms with E-state index in [0.717, 1.165) is 0 Å². The monoisotopic (exact) mass is 283 g/mol. The van der Waals surface area contributed by atoms with E-state index in [0.29, 0.717) is 5.69 Å². The van der Waals surface area contributed by atoms with Crippen LogP contribution in [0.5, 0.6) is 0 Å². The largest absolute Gasteiger partial charge is 0.480 e. The predicted octanol–water partition coefficient (Wildman–Crippen LogP) is -2.01. The van der Waals surface area contributed by atoms with Crippen LogP contribution in [0.25, 0.3) is 0 Å². The molecule has 1 rings (SSSR count). The highest BCUT2D eigenvalue weighted by molar-refractivity contribution is 5.90. The molecule has 1 heterocycles. The van der Waals surface area contributed by atoms with E-state index in [1.54, 1.807) is 0 Å². The first kappa shape index (κ1) is 15.6. The number of aliphatic carboxylic acids is 1. The Morgan fingerprint density at radius 1 is 1.45 bits per heavy atom. The number of carbonyl (C=O) groups excluding carboxylic acids is 2. The van der Waals surface area contributed by atoms with E-state index >= 15 is 0 Å². The van der Waals surface area contributed by atoms with Crippen molar-refractivity contribution in [2.24, 2.45) is 5.73 Å². The van der Waals surface area contributed by atoms with Crippen molar-refractivity contribution in [3.8, 4) is 0 Å². The summed E-state index contributed by atoms with van der Waals surface area (Å²) in [5.41, 5.74) is 6.05. The van der Waals surface area contributed by atoms with Crippen molar-refractivity contribution in [3.63, 3.8) is 0 Å². The minimum absolute atomic E-state index is 0.157. The summed E-state index contributed by atoms with van der Waals surface area (Å²) in [5.74, 6) is -2.27. The van der Waals surface area contributed by atoms with Crippen molar-refractivity contribution in [2.75, 3.05) is 6.54 Å². The van der Waals surface area contributed by atoms with Crippen molar-refractivity contribution < 1.29 is 19.5 Å². The first-order chi connectivity index (χ1) is 9.40. The Morgan fingerprint density at radius 3 is 2.65 bits per heavy atom. The first-order valence-corrected chi connectivity index (χ1v) is 5.93. The number of amides is 2. The van der Waals surface area contributed by atoms with E-state index in [-0.39, 0.29) is 6.42 Å². The lowest BCUT2D eigenvalue weighted by molar-refractivity contribution is -0.138. The summed E-state index contributed by atoms with van der Waals surface area (Å²) >= 11 is 0. The molecule has 0 unspecified atom stereocenters. The summed E-state index contributed by atoms with van der Waals surface area (Å²) in [6.45, 7) is 0.962. The highest BCUT2D eigenvalue weighted by Gasteiger charge is 2.23. The van der Waals surface area contributed by atoms with Crippen LogP contribution in [0.4, 0.5) is 0 Å². The van der Waals surface area contributed by atoms with Crippen LogP contribution < -0.4 is 16.4 Å². The number of aromatic nitrogens is 2. The highest BCUT2D eigenvalue weighted by Crippen LogP contribution is 1.99. The van der Waals surface area contributed by atoms with Crippen molar-refractivity contribution in [1.29, 1.82) is 0 Å². The van der Waals surface area contributed by atoms with Gasteiger partial charge in [0.2, 0.25) is 11.8 Å². The van der Waals surface area contributed by atoms with E-state index in [4.69, 9.17) is 10.8 Å². The topological polar surface area (TPSA) is 150 Å². The van der Waals surface area contributed by atoms with Gasteiger partial charge in [-0.15, -0.1) is 0 Å². The maximum atomic E-state index is 11.9. The van der Waals surface area contributed by atoms with Crippen LogP contribution >= 0.6 is 0 Å². The molecule has 110 valence electrons. The van der Waals surface area contributed by atoms with Gasteiger partial charge in [-0.3, -0.25) is 14.4 Å². The number of nitrogens with one attached hydrogen (secondary N) is 3. The van der Waals surface area contributed by atoms with Crippen molar-refractivity contribution >= 4 is 17.8 Å². The van der Waals surface area contributed by atoms with Gasteiger partial charge in [-0.2, -0.15) is 0 Å². The molecule has 1 aromatic heterocycles. The normalized spacial score (nSPS) is 13.3. The zero-order valence-corrected chi connectivity index (χ0v) is 10.9. The van der Waals surface area contributed by atoms with E-state index in [1.165, 1.54) is 19.4 Å². The standard InChI is InChI=1S/C11H17N5O4/c1-6(12)10(19)16-8(2-7-3-13-5-15-7)11(20)14-4-9(17)18/h3,5-6,8H,2,4,12H2,1H3,(H,13,15)(H,14,20)(H,16,19)(H,17,18)/t6-,8-/m0/s1. The molecular formula is C11H17N5O4. The molecule has 2 atom stereocenters. The van der Waals surface area contributed by atoms with Crippen molar-refractivity contribution in [1.82, 2.24) is 20.6 Å². The van der Waals surface area contributed by atoms with Gasteiger partial charge in [-0.25, -0.2) is 4.98 Å². The van der Waals surface area contributed by atoms with Crippen LogP contribution in [0.1, 0.15) is 12.6 Å². The lowest BCUT2D eigenvalue weighted by atomic mass is 10.1. The molecule has 6 N–H and O–H groups in total. The zero-order chi connectivity index (χ0) is 15.1. The second-order valence-electron chi connectivity index (χ2n) is 4.24. The van der Waals surface area contributed by atoms with Crippen LogP contribution in [-0.2, 0) is 20.8 Å². The van der Waals surface area contributed by atoms with Crippen LogP contribution in [0.3, 0.4) is 0 Å². The van der Waals surface area contributed by atoms with Gasteiger partial charge in [0.15, 0.2) is 0 Å². The van der Waals surface area contributed by atoms with Crippen LogP contribution in [-0.4, -0.2) is 51.5 Å². The Morgan fingerprint density at radius 2 is 2.15 bits per heavy atom. The van der Waals surface area contributed by atoms with Gasteiger partial charge in [0, 0.05) is 18.3 Å². The van der Waals surface area contributed by atoms with Crippen LogP contribution in [0.15, 0.2) is 12.5 Å². The summed E-state index contributed by atoms with van der Waals surface area (Å²) in [5, 5.41) is 13.2. The third kappa shape index (κ3) is 5.06. The summed E-state index contributed by atoms with van der Waals surface area (Å²) < 4.78 is 0. The SMILES string of the molecule is C[C@H](N)C(=O)N[C@@H](Cc1cnc[nH]1)C(=O)NCC(=O)O. The number of rotatable bonds is 7. The number of carboxylic acids is 1. The number of H-pyrrole nitrogens is 1. The van der Waals surface area contributed by atoms with Gasteiger partial charge >= 0.3 is 5.97 Å². The number of imidazole rings is 1. The van der Waals surface area contributed by atoms with E-state index < -0.39 is 36.4 Å². The fourth-order valence-electron chi connectivity index (χ4n) is 1.41. The quantitative estimate of drug-likeness (QED) is 0.390.